The highest BCUT2D eigenvalue weighted by Crippen LogP contribution is 2.16. The number of esters is 1. The molecule has 18 heavy (non-hydrogen) atoms. The van der Waals surface area contributed by atoms with Crippen LogP contribution < -0.4 is 11.5 Å². The fourth-order valence-electron chi connectivity index (χ4n) is 1.29. The van der Waals surface area contributed by atoms with E-state index in [1.165, 1.54) is 12.1 Å². The van der Waals surface area contributed by atoms with E-state index < -0.39 is 5.97 Å². The average Bonchev–Trinajstić information content (AvgIpc) is 2.28. The van der Waals surface area contributed by atoms with Crippen LogP contribution in [0.1, 0.15) is 23.7 Å². The van der Waals surface area contributed by atoms with Crippen molar-refractivity contribution in [1.82, 2.24) is 0 Å². The van der Waals surface area contributed by atoms with Crippen LogP contribution in [0.4, 0.5) is 11.4 Å². The molecular formula is C13H16N2O3. The van der Waals surface area contributed by atoms with Gasteiger partial charge in [0.2, 0.25) is 0 Å². The average molecular weight is 248 g/mol. The number of nitrogen functional groups attached to an aromatic ring is 2. The zero-order valence-corrected chi connectivity index (χ0v) is 10.2. The summed E-state index contributed by atoms with van der Waals surface area (Å²) < 4.78 is 4.95. The maximum Gasteiger partial charge on any atom is 0.340 e. The van der Waals surface area contributed by atoms with Gasteiger partial charge in [-0.25, -0.2) is 4.79 Å². The van der Waals surface area contributed by atoms with Gasteiger partial charge in [0.1, 0.15) is 0 Å². The third kappa shape index (κ3) is 3.62. The number of ketones is 1. The lowest BCUT2D eigenvalue weighted by molar-refractivity contribution is -0.116. The number of carbonyl (C=O) groups is 2. The number of hydrogen-bond donors (Lipinski definition) is 2. The number of nitrogens with two attached hydrogens (primary N) is 2. The number of benzene rings is 1. The Hall–Kier alpha value is -2.30. The maximum absolute atomic E-state index is 11.7. The zero-order valence-electron chi connectivity index (χ0n) is 10.2. The van der Waals surface area contributed by atoms with Crippen molar-refractivity contribution < 1.29 is 14.3 Å². The van der Waals surface area contributed by atoms with Gasteiger partial charge in [0, 0.05) is 17.8 Å². The van der Waals surface area contributed by atoms with E-state index in [9.17, 15) is 9.59 Å². The summed E-state index contributed by atoms with van der Waals surface area (Å²) in [5.74, 6) is -0.699. The summed E-state index contributed by atoms with van der Waals surface area (Å²) in [6.07, 6.45) is 0.121. The largest absolute Gasteiger partial charge is 0.462 e. The zero-order chi connectivity index (χ0) is 13.7. The highest BCUT2D eigenvalue weighted by atomic mass is 16.5. The molecule has 0 aliphatic heterocycles. The SMILES string of the molecule is C=C(C)C(=O)CCOC(=O)c1ccc(N)cc1N. The summed E-state index contributed by atoms with van der Waals surface area (Å²) in [6.45, 7) is 5.13. The Morgan fingerprint density at radius 2 is 2.00 bits per heavy atom. The van der Waals surface area contributed by atoms with Gasteiger partial charge in [-0.1, -0.05) is 6.58 Å². The molecule has 0 atom stereocenters. The van der Waals surface area contributed by atoms with Gasteiger partial charge in [0.05, 0.1) is 12.2 Å². The van der Waals surface area contributed by atoms with E-state index in [1.54, 1.807) is 13.0 Å². The number of ether oxygens (including phenoxy) is 1. The van der Waals surface area contributed by atoms with Gasteiger partial charge in [-0.05, 0) is 30.7 Å². The topological polar surface area (TPSA) is 95.4 Å². The fourth-order valence-corrected chi connectivity index (χ4v) is 1.29. The molecule has 0 heterocycles. The second-order valence-electron chi connectivity index (χ2n) is 3.94. The van der Waals surface area contributed by atoms with Crippen LogP contribution in [0.2, 0.25) is 0 Å². The molecule has 5 heteroatoms. The molecule has 0 fully saturated rings. The van der Waals surface area contributed by atoms with Crippen LogP contribution in [0.3, 0.4) is 0 Å². The van der Waals surface area contributed by atoms with E-state index in [-0.39, 0.29) is 30.1 Å². The second-order valence-corrected chi connectivity index (χ2v) is 3.94. The second kappa shape index (κ2) is 5.86. The number of Topliss-reactive ketones (excluding diaryl/α,β-unsaturated/α-hetero) is 1. The fraction of sp³-hybridized carbons (Fsp3) is 0.231. The predicted molar refractivity (Wildman–Crippen MR) is 70.0 cm³/mol. The van der Waals surface area contributed by atoms with Crippen LogP contribution in [0.25, 0.3) is 0 Å². The van der Waals surface area contributed by atoms with E-state index in [0.717, 1.165) is 0 Å². The molecule has 5 nitrogen and oxygen atoms in total. The van der Waals surface area contributed by atoms with Crippen LogP contribution in [0.5, 0.6) is 0 Å². The normalized spacial score (nSPS) is 9.83. The number of carbonyl (C=O) groups excluding carboxylic acids is 2. The third-order valence-corrected chi connectivity index (χ3v) is 2.33. The van der Waals surface area contributed by atoms with Crippen molar-refractivity contribution in [2.75, 3.05) is 18.1 Å². The van der Waals surface area contributed by atoms with Crippen LogP contribution in [-0.4, -0.2) is 18.4 Å². The van der Waals surface area contributed by atoms with Crippen molar-refractivity contribution in [3.8, 4) is 0 Å². The Kier molecular flexibility index (Phi) is 4.48. The summed E-state index contributed by atoms with van der Waals surface area (Å²) >= 11 is 0. The summed E-state index contributed by atoms with van der Waals surface area (Å²) in [5.41, 5.74) is 12.6. The van der Waals surface area contributed by atoms with Gasteiger partial charge in [-0.3, -0.25) is 4.79 Å². The van der Waals surface area contributed by atoms with Crippen molar-refractivity contribution in [3.63, 3.8) is 0 Å². The summed E-state index contributed by atoms with van der Waals surface area (Å²) in [6, 6.07) is 4.54. The van der Waals surface area contributed by atoms with Gasteiger partial charge in [0.25, 0.3) is 0 Å². The number of rotatable bonds is 5. The maximum atomic E-state index is 11.7. The molecule has 1 aromatic rings. The first-order valence-corrected chi connectivity index (χ1v) is 5.42. The number of anilines is 2. The first-order valence-electron chi connectivity index (χ1n) is 5.42. The van der Waals surface area contributed by atoms with Gasteiger partial charge in [-0.15, -0.1) is 0 Å². The van der Waals surface area contributed by atoms with Crippen molar-refractivity contribution in [2.45, 2.75) is 13.3 Å². The van der Waals surface area contributed by atoms with E-state index in [0.29, 0.717) is 11.3 Å². The molecule has 0 amide bonds. The Bertz CT molecular complexity index is 495. The summed E-state index contributed by atoms with van der Waals surface area (Å²) in [4.78, 5) is 22.9. The van der Waals surface area contributed by atoms with Crippen molar-refractivity contribution in [1.29, 1.82) is 0 Å². The molecular weight excluding hydrogens is 232 g/mol. The smallest absolute Gasteiger partial charge is 0.340 e. The third-order valence-electron chi connectivity index (χ3n) is 2.33. The molecule has 0 aromatic heterocycles. The molecule has 96 valence electrons. The molecule has 1 aromatic carbocycles. The first kappa shape index (κ1) is 13.8. The van der Waals surface area contributed by atoms with E-state index in [1.807, 2.05) is 0 Å². The minimum Gasteiger partial charge on any atom is -0.462 e. The van der Waals surface area contributed by atoms with E-state index >= 15 is 0 Å². The lowest BCUT2D eigenvalue weighted by atomic mass is 10.1. The molecule has 0 bridgehead atoms. The highest BCUT2D eigenvalue weighted by molar-refractivity contribution is 5.96. The summed E-state index contributed by atoms with van der Waals surface area (Å²) in [7, 11) is 0. The van der Waals surface area contributed by atoms with E-state index in [4.69, 9.17) is 16.2 Å². The molecule has 0 spiro atoms. The molecule has 0 radical (unpaired) electrons. The number of allylic oxidation sites excluding steroid dienone is 1. The van der Waals surface area contributed by atoms with Gasteiger partial charge < -0.3 is 16.2 Å². The minimum atomic E-state index is -0.568. The monoisotopic (exact) mass is 248 g/mol. The minimum absolute atomic E-state index is 0.00828. The van der Waals surface area contributed by atoms with Crippen molar-refractivity contribution >= 4 is 23.1 Å². The van der Waals surface area contributed by atoms with Crippen molar-refractivity contribution in [2.24, 2.45) is 0 Å². The number of hydrogen-bond acceptors (Lipinski definition) is 5. The lowest BCUT2D eigenvalue weighted by Crippen LogP contribution is -2.12. The Labute approximate surface area is 105 Å². The molecule has 0 aliphatic carbocycles. The molecule has 0 saturated heterocycles. The van der Waals surface area contributed by atoms with Crippen LogP contribution in [0.15, 0.2) is 30.4 Å². The van der Waals surface area contributed by atoms with Crippen LogP contribution >= 0.6 is 0 Å². The van der Waals surface area contributed by atoms with Crippen LogP contribution in [0, 0.1) is 0 Å². The van der Waals surface area contributed by atoms with Crippen molar-refractivity contribution in [3.05, 3.63) is 35.9 Å². The molecule has 0 aliphatic rings. The Morgan fingerprint density at radius 1 is 1.33 bits per heavy atom. The molecule has 4 N–H and O–H groups in total. The molecule has 0 saturated carbocycles. The van der Waals surface area contributed by atoms with Crippen LogP contribution in [-0.2, 0) is 9.53 Å². The quantitative estimate of drug-likeness (QED) is 0.468. The van der Waals surface area contributed by atoms with Gasteiger partial charge in [0.15, 0.2) is 5.78 Å². The Morgan fingerprint density at radius 3 is 2.56 bits per heavy atom. The standard InChI is InChI=1S/C13H16N2O3/c1-8(2)12(16)5-6-18-13(17)10-4-3-9(14)7-11(10)15/h3-4,7H,1,5-6,14-15H2,2H3. The van der Waals surface area contributed by atoms with Gasteiger partial charge in [-0.2, -0.15) is 0 Å². The Balaban J connectivity index is 2.56. The molecule has 1 rings (SSSR count). The summed E-state index contributed by atoms with van der Waals surface area (Å²) in [5, 5.41) is 0. The predicted octanol–water partition coefficient (Wildman–Crippen LogP) is 1.54. The highest BCUT2D eigenvalue weighted by Gasteiger charge is 2.12. The lowest BCUT2D eigenvalue weighted by Gasteiger charge is -2.07. The first-order chi connectivity index (χ1) is 8.41. The molecule has 0 unspecified atom stereocenters. The van der Waals surface area contributed by atoms with E-state index in [2.05, 4.69) is 6.58 Å². The van der Waals surface area contributed by atoms with Gasteiger partial charge >= 0.3 is 5.97 Å².